The minimum atomic E-state index is -0.354. The quantitative estimate of drug-likeness (QED) is 0.881. The van der Waals surface area contributed by atoms with Gasteiger partial charge in [-0.05, 0) is 37.5 Å². The number of hydrogen-bond donors (Lipinski definition) is 2. The van der Waals surface area contributed by atoms with Crippen molar-refractivity contribution in [2.24, 2.45) is 5.73 Å². The lowest BCUT2D eigenvalue weighted by Crippen LogP contribution is -2.51. The SMILES string of the molecule is Cc1ccc(C(=O)NCC2(N)CCCCC2)cc1F. The van der Waals surface area contributed by atoms with E-state index < -0.39 is 0 Å². The summed E-state index contributed by atoms with van der Waals surface area (Å²) in [6.07, 6.45) is 5.33. The van der Waals surface area contributed by atoms with Gasteiger partial charge in [0.15, 0.2) is 0 Å². The van der Waals surface area contributed by atoms with E-state index in [2.05, 4.69) is 5.32 Å². The molecule has 104 valence electrons. The van der Waals surface area contributed by atoms with E-state index in [-0.39, 0.29) is 17.3 Å². The van der Waals surface area contributed by atoms with Crippen LogP contribution in [-0.4, -0.2) is 18.0 Å². The number of nitrogens with one attached hydrogen (secondary N) is 1. The molecule has 3 N–H and O–H groups in total. The molecule has 0 unspecified atom stereocenters. The third-order valence-corrected chi connectivity index (χ3v) is 3.88. The van der Waals surface area contributed by atoms with E-state index in [9.17, 15) is 9.18 Å². The van der Waals surface area contributed by atoms with E-state index in [1.54, 1.807) is 19.1 Å². The van der Waals surface area contributed by atoms with Crippen molar-refractivity contribution in [2.75, 3.05) is 6.54 Å². The summed E-state index contributed by atoms with van der Waals surface area (Å²) in [5.41, 5.74) is 6.85. The highest BCUT2D eigenvalue weighted by Gasteiger charge is 2.27. The smallest absolute Gasteiger partial charge is 0.251 e. The molecule has 1 aliphatic rings. The number of amides is 1. The van der Waals surface area contributed by atoms with Gasteiger partial charge in [-0.25, -0.2) is 4.39 Å². The van der Waals surface area contributed by atoms with Crippen LogP contribution in [0.4, 0.5) is 4.39 Å². The fourth-order valence-electron chi connectivity index (χ4n) is 2.53. The molecule has 0 atom stereocenters. The predicted octanol–water partition coefficient (Wildman–Crippen LogP) is 2.53. The van der Waals surface area contributed by atoms with Crippen molar-refractivity contribution >= 4 is 5.91 Å². The first-order valence-corrected chi connectivity index (χ1v) is 6.83. The van der Waals surface area contributed by atoms with Crippen LogP contribution in [0, 0.1) is 12.7 Å². The number of carbonyl (C=O) groups excluding carboxylic acids is 1. The molecule has 0 saturated heterocycles. The maximum atomic E-state index is 13.4. The highest BCUT2D eigenvalue weighted by Crippen LogP contribution is 2.25. The fraction of sp³-hybridized carbons (Fsp3) is 0.533. The lowest BCUT2D eigenvalue weighted by molar-refractivity contribution is 0.0937. The summed E-state index contributed by atoms with van der Waals surface area (Å²) in [6, 6.07) is 4.52. The number of halogens is 1. The number of hydrogen-bond acceptors (Lipinski definition) is 2. The van der Waals surface area contributed by atoms with Gasteiger partial charge in [0.2, 0.25) is 0 Å². The molecule has 0 bridgehead atoms. The molecule has 1 aliphatic carbocycles. The van der Waals surface area contributed by atoms with Crippen molar-refractivity contribution in [3.63, 3.8) is 0 Å². The van der Waals surface area contributed by atoms with Crippen molar-refractivity contribution in [2.45, 2.75) is 44.6 Å². The van der Waals surface area contributed by atoms with Gasteiger partial charge in [0.05, 0.1) is 0 Å². The van der Waals surface area contributed by atoms with Gasteiger partial charge in [-0.2, -0.15) is 0 Å². The fourth-order valence-corrected chi connectivity index (χ4v) is 2.53. The Hall–Kier alpha value is -1.42. The monoisotopic (exact) mass is 264 g/mol. The van der Waals surface area contributed by atoms with Gasteiger partial charge in [-0.1, -0.05) is 25.3 Å². The number of benzene rings is 1. The first-order chi connectivity index (χ1) is 9.00. The molecule has 3 nitrogen and oxygen atoms in total. The Balaban J connectivity index is 1.95. The zero-order valence-corrected chi connectivity index (χ0v) is 11.3. The number of aryl methyl sites for hydroxylation is 1. The number of carbonyl (C=O) groups is 1. The summed E-state index contributed by atoms with van der Waals surface area (Å²) < 4.78 is 13.4. The lowest BCUT2D eigenvalue weighted by Gasteiger charge is -2.33. The first kappa shape index (κ1) is 14.0. The Morgan fingerprint density at radius 1 is 1.37 bits per heavy atom. The second kappa shape index (κ2) is 5.70. The highest BCUT2D eigenvalue weighted by atomic mass is 19.1. The maximum absolute atomic E-state index is 13.4. The summed E-state index contributed by atoms with van der Waals surface area (Å²) in [4.78, 5) is 12.0. The Kier molecular flexibility index (Phi) is 4.20. The van der Waals surface area contributed by atoms with Crippen molar-refractivity contribution in [3.05, 3.63) is 35.1 Å². The molecular weight excluding hydrogens is 243 g/mol. The molecule has 1 saturated carbocycles. The third kappa shape index (κ3) is 3.53. The average Bonchev–Trinajstić information content (AvgIpc) is 2.40. The van der Waals surface area contributed by atoms with Crippen LogP contribution in [0.5, 0.6) is 0 Å². The topological polar surface area (TPSA) is 55.1 Å². The highest BCUT2D eigenvalue weighted by molar-refractivity contribution is 5.94. The third-order valence-electron chi connectivity index (χ3n) is 3.88. The summed E-state index contributed by atoms with van der Waals surface area (Å²) in [7, 11) is 0. The van der Waals surface area contributed by atoms with E-state index in [1.807, 2.05) is 0 Å². The van der Waals surface area contributed by atoms with Crippen molar-refractivity contribution < 1.29 is 9.18 Å². The van der Waals surface area contributed by atoms with Gasteiger partial charge < -0.3 is 11.1 Å². The van der Waals surface area contributed by atoms with E-state index in [0.29, 0.717) is 17.7 Å². The molecule has 0 heterocycles. The van der Waals surface area contributed by atoms with Gasteiger partial charge in [0.1, 0.15) is 5.82 Å². The van der Waals surface area contributed by atoms with Crippen molar-refractivity contribution in [1.29, 1.82) is 0 Å². The largest absolute Gasteiger partial charge is 0.350 e. The molecule has 1 amide bonds. The van der Waals surface area contributed by atoms with E-state index >= 15 is 0 Å². The second-order valence-electron chi connectivity index (χ2n) is 5.57. The molecule has 4 heteroatoms. The predicted molar refractivity (Wildman–Crippen MR) is 73.5 cm³/mol. The first-order valence-electron chi connectivity index (χ1n) is 6.83. The van der Waals surface area contributed by atoms with Crippen LogP contribution in [0.3, 0.4) is 0 Å². The molecule has 1 aromatic rings. The zero-order valence-electron chi connectivity index (χ0n) is 11.3. The lowest BCUT2D eigenvalue weighted by atomic mass is 9.82. The molecule has 0 aliphatic heterocycles. The van der Waals surface area contributed by atoms with Crippen LogP contribution < -0.4 is 11.1 Å². The Morgan fingerprint density at radius 2 is 2.05 bits per heavy atom. The van der Waals surface area contributed by atoms with Gasteiger partial charge in [0, 0.05) is 17.6 Å². The molecule has 1 fully saturated rings. The molecule has 0 aromatic heterocycles. The summed E-state index contributed by atoms with van der Waals surface area (Å²) in [5, 5.41) is 2.83. The molecule has 2 rings (SSSR count). The maximum Gasteiger partial charge on any atom is 0.251 e. The minimum absolute atomic E-state index is 0.255. The summed E-state index contributed by atoms with van der Waals surface area (Å²) in [5.74, 6) is -0.609. The van der Waals surface area contributed by atoms with Gasteiger partial charge >= 0.3 is 0 Å². The van der Waals surface area contributed by atoms with Crippen LogP contribution in [0.2, 0.25) is 0 Å². The Bertz CT molecular complexity index is 467. The standard InChI is InChI=1S/C15H21FN2O/c1-11-5-6-12(9-13(11)16)14(19)18-10-15(17)7-3-2-4-8-15/h5-6,9H,2-4,7-8,10,17H2,1H3,(H,18,19). The molecule has 0 radical (unpaired) electrons. The van der Waals surface area contributed by atoms with Gasteiger partial charge in [0.25, 0.3) is 5.91 Å². The number of rotatable bonds is 3. The normalized spacial score (nSPS) is 18.1. The molecular formula is C15H21FN2O. The van der Waals surface area contributed by atoms with Crippen LogP contribution in [0.25, 0.3) is 0 Å². The van der Waals surface area contributed by atoms with E-state index in [4.69, 9.17) is 5.73 Å². The van der Waals surface area contributed by atoms with Crippen molar-refractivity contribution in [1.82, 2.24) is 5.32 Å². The molecule has 1 aromatic carbocycles. The van der Waals surface area contributed by atoms with Crippen LogP contribution in [0.15, 0.2) is 18.2 Å². The Morgan fingerprint density at radius 3 is 2.68 bits per heavy atom. The summed E-state index contributed by atoms with van der Waals surface area (Å²) >= 11 is 0. The van der Waals surface area contributed by atoms with Crippen LogP contribution in [0.1, 0.15) is 48.0 Å². The molecule has 19 heavy (non-hydrogen) atoms. The van der Waals surface area contributed by atoms with Gasteiger partial charge in [-0.15, -0.1) is 0 Å². The van der Waals surface area contributed by atoms with Crippen LogP contribution >= 0.6 is 0 Å². The van der Waals surface area contributed by atoms with E-state index in [1.165, 1.54) is 12.5 Å². The zero-order chi connectivity index (χ0) is 13.9. The van der Waals surface area contributed by atoms with Crippen LogP contribution in [-0.2, 0) is 0 Å². The van der Waals surface area contributed by atoms with Gasteiger partial charge in [-0.3, -0.25) is 4.79 Å². The second-order valence-corrected chi connectivity index (χ2v) is 5.57. The minimum Gasteiger partial charge on any atom is -0.350 e. The molecule has 0 spiro atoms. The summed E-state index contributed by atoms with van der Waals surface area (Å²) in [6.45, 7) is 2.13. The number of nitrogens with two attached hydrogens (primary N) is 1. The van der Waals surface area contributed by atoms with E-state index in [0.717, 1.165) is 25.7 Å². The average molecular weight is 264 g/mol. The van der Waals surface area contributed by atoms with Crippen molar-refractivity contribution in [3.8, 4) is 0 Å². The Labute approximate surface area is 113 Å².